The van der Waals surface area contributed by atoms with Crippen molar-refractivity contribution in [3.8, 4) is 0 Å². The Balaban J connectivity index is 0.00000320. The van der Waals surface area contributed by atoms with E-state index in [1.54, 1.807) is 0 Å². The molecule has 2 saturated heterocycles. The van der Waals surface area contributed by atoms with Crippen LogP contribution < -0.4 is 5.32 Å². The van der Waals surface area contributed by atoms with E-state index < -0.39 is 9.84 Å². The van der Waals surface area contributed by atoms with Gasteiger partial charge in [-0.2, -0.15) is 0 Å². The van der Waals surface area contributed by atoms with Crippen LogP contribution >= 0.6 is 24.0 Å². The van der Waals surface area contributed by atoms with E-state index in [1.807, 2.05) is 30.3 Å². The number of nitrogens with zero attached hydrogens (tertiary/aromatic N) is 3. The lowest BCUT2D eigenvalue weighted by Gasteiger charge is -2.32. The highest BCUT2D eigenvalue weighted by atomic mass is 127. The number of sulfone groups is 1. The summed E-state index contributed by atoms with van der Waals surface area (Å²) in [6.45, 7) is 9.01. The van der Waals surface area contributed by atoms with E-state index in [0.29, 0.717) is 19.0 Å². The zero-order valence-electron chi connectivity index (χ0n) is 17.8. The second-order valence-electron chi connectivity index (χ2n) is 7.70. The quantitative estimate of drug-likeness (QED) is 0.231. The maximum atomic E-state index is 12.4. The van der Waals surface area contributed by atoms with Gasteiger partial charge in [-0.15, -0.1) is 24.0 Å². The molecule has 0 aliphatic carbocycles. The van der Waals surface area contributed by atoms with Crippen LogP contribution in [0.25, 0.3) is 0 Å². The van der Waals surface area contributed by atoms with Gasteiger partial charge in [0.1, 0.15) is 0 Å². The van der Waals surface area contributed by atoms with Gasteiger partial charge < -0.3 is 15.0 Å². The molecule has 1 aromatic rings. The van der Waals surface area contributed by atoms with Crippen molar-refractivity contribution >= 4 is 39.8 Å². The summed E-state index contributed by atoms with van der Waals surface area (Å²) in [6.07, 6.45) is 1.68. The van der Waals surface area contributed by atoms with Gasteiger partial charge in [-0.25, -0.2) is 8.42 Å². The maximum absolute atomic E-state index is 12.4. The smallest absolute Gasteiger partial charge is 0.193 e. The number of hydrogen-bond donors (Lipinski definition) is 1. The minimum atomic E-state index is -3.11. The number of aliphatic imine (C=N–C) groups is 1. The van der Waals surface area contributed by atoms with Crippen LogP contribution in [0.2, 0.25) is 0 Å². The molecule has 7 nitrogen and oxygen atoms in total. The average molecular weight is 551 g/mol. The number of ether oxygens (including phenoxy) is 1. The molecule has 9 heteroatoms. The molecular formula is C21H35IN4O3S. The molecule has 0 bridgehead atoms. The molecule has 3 rings (SSSR count). The monoisotopic (exact) mass is 550 g/mol. The van der Waals surface area contributed by atoms with Gasteiger partial charge in [0, 0.05) is 45.3 Å². The number of rotatable bonds is 8. The molecule has 0 radical (unpaired) electrons. The average Bonchev–Trinajstić information content (AvgIpc) is 3.21. The fourth-order valence-electron chi connectivity index (χ4n) is 3.97. The summed E-state index contributed by atoms with van der Waals surface area (Å²) in [7, 11) is -3.11. The number of morpholine rings is 1. The second-order valence-corrected chi connectivity index (χ2v) is 9.89. The van der Waals surface area contributed by atoms with Crippen molar-refractivity contribution in [3.63, 3.8) is 0 Å². The third kappa shape index (κ3) is 7.97. The van der Waals surface area contributed by atoms with Crippen LogP contribution in [0, 0.1) is 0 Å². The van der Waals surface area contributed by atoms with Gasteiger partial charge in [-0.05, 0) is 25.3 Å². The van der Waals surface area contributed by atoms with Crippen LogP contribution in [-0.2, 0) is 20.3 Å². The summed E-state index contributed by atoms with van der Waals surface area (Å²) in [5.74, 6) is 1.18. The Morgan fingerprint density at radius 2 is 1.93 bits per heavy atom. The zero-order chi connectivity index (χ0) is 20.5. The van der Waals surface area contributed by atoms with Gasteiger partial charge in [0.15, 0.2) is 15.8 Å². The maximum Gasteiger partial charge on any atom is 0.193 e. The molecule has 0 aromatic heterocycles. The number of hydrogen-bond acceptors (Lipinski definition) is 5. The van der Waals surface area contributed by atoms with Crippen molar-refractivity contribution in [2.24, 2.45) is 4.99 Å². The Morgan fingerprint density at radius 3 is 2.63 bits per heavy atom. The summed E-state index contributed by atoms with van der Waals surface area (Å²) in [5, 5.41) is 3.37. The molecule has 30 heavy (non-hydrogen) atoms. The molecule has 1 N–H and O–H groups in total. The SMILES string of the molecule is CCNC(=NCCCS(=O)(=O)Cc1ccccc1)N1CCC(N2CCOCC2)C1.I. The number of likely N-dealkylation sites (tertiary alicyclic amines) is 1. The fourth-order valence-corrected chi connectivity index (χ4v) is 5.38. The van der Waals surface area contributed by atoms with Crippen LogP contribution in [0.15, 0.2) is 35.3 Å². The third-order valence-electron chi connectivity index (χ3n) is 5.46. The molecule has 2 fully saturated rings. The first-order chi connectivity index (χ1) is 14.1. The summed E-state index contributed by atoms with van der Waals surface area (Å²) < 4.78 is 30.2. The van der Waals surface area contributed by atoms with Crippen LogP contribution in [-0.4, -0.2) is 88.5 Å². The molecule has 2 aliphatic rings. The Kier molecular flexibility index (Phi) is 10.8. The van der Waals surface area contributed by atoms with Gasteiger partial charge >= 0.3 is 0 Å². The molecule has 0 spiro atoms. The van der Waals surface area contributed by atoms with E-state index in [2.05, 4.69) is 22.0 Å². The number of nitrogens with one attached hydrogen (secondary N) is 1. The van der Waals surface area contributed by atoms with Crippen LogP contribution in [0.3, 0.4) is 0 Å². The minimum Gasteiger partial charge on any atom is -0.379 e. The van der Waals surface area contributed by atoms with E-state index in [4.69, 9.17) is 9.73 Å². The van der Waals surface area contributed by atoms with E-state index in [1.165, 1.54) is 0 Å². The van der Waals surface area contributed by atoms with Crippen molar-refractivity contribution in [3.05, 3.63) is 35.9 Å². The van der Waals surface area contributed by atoms with Crippen molar-refractivity contribution in [2.45, 2.75) is 31.6 Å². The standard InChI is InChI=1S/C21H34N4O3S.HI/c1-2-22-21(25-11-9-20(17-25)24-12-14-28-15-13-24)23-10-6-16-29(26,27)18-19-7-4-3-5-8-19;/h3-5,7-8,20H,2,6,9-18H2,1H3,(H,22,23);1H. The van der Waals surface area contributed by atoms with E-state index in [9.17, 15) is 8.42 Å². The molecular weight excluding hydrogens is 515 g/mol. The predicted molar refractivity (Wildman–Crippen MR) is 132 cm³/mol. The lowest BCUT2D eigenvalue weighted by Crippen LogP contribution is -2.46. The Bertz CT molecular complexity index is 755. The summed E-state index contributed by atoms with van der Waals surface area (Å²) in [5.41, 5.74) is 0.843. The number of halogens is 1. The van der Waals surface area contributed by atoms with E-state index in [0.717, 1.165) is 63.9 Å². The summed E-state index contributed by atoms with van der Waals surface area (Å²) >= 11 is 0. The first kappa shape index (κ1) is 25.4. The van der Waals surface area contributed by atoms with Gasteiger partial charge in [0.2, 0.25) is 0 Å². The molecule has 1 unspecified atom stereocenters. The summed E-state index contributed by atoms with van der Waals surface area (Å²) in [4.78, 5) is 9.53. The van der Waals surface area contributed by atoms with Crippen LogP contribution in [0.1, 0.15) is 25.3 Å². The Hall–Kier alpha value is -0.910. The lowest BCUT2D eigenvalue weighted by molar-refractivity contribution is 0.0195. The molecule has 1 atom stereocenters. The van der Waals surface area contributed by atoms with Gasteiger partial charge in [0.25, 0.3) is 0 Å². The lowest BCUT2D eigenvalue weighted by atomic mass is 10.2. The largest absolute Gasteiger partial charge is 0.379 e. The van der Waals surface area contributed by atoms with Crippen molar-refractivity contribution in [2.75, 3.05) is 58.2 Å². The van der Waals surface area contributed by atoms with Gasteiger partial charge in [0.05, 0.1) is 24.7 Å². The van der Waals surface area contributed by atoms with Crippen LogP contribution in [0.5, 0.6) is 0 Å². The molecule has 1 aromatic carbocycles. The van der Waals surface area contributed by atoms with Crippen molar-refractivity contribution in [1.29, 1.82) is 0 Å². The van der Waals surface area contributed by atoms with Crippen LogP contribution in [0.4, 0.5) is 0 Å². The van der Waals surface area contributed by atoms with Gasteiger partial charge in [-0.3, -0.25) is 9.89 Å². The Labute approximate surface area is 198 Å². The molecule has 2 heterocycles. The van der Waals surface area contributed by atoms with Crippen molar-refractivity contribution < 1.29 is 13.2 Å². The highest BCUT2D eigenvalue weighted by Crippen LogP contribution is 2.17. The fraction of sp³-hybridized carbons (Fsp3) is 0.667. The second kappa shape index (κ2) is 12.8. The molecule has 170 valence electrons. The molecule has 2 aliphatic heterocycles. The minimum absolute atomic E-state index is 0. The van der Waals surface area contributed by atoms with E-state index >= 15 is 0 Å². The first-order valence-corrected chi connectivity index (χ1v) is 12.5. The van der Waals surface area contributed by atoms with E-state index in [-0.39, 0.29) is 35.5 Å². The number of guanidine groups is 1. The zero-order valence-corrected chi connectivity index (χ0v) is 21.0. The normalized spacial score (nSPS) is 20.8. The summed E-state index contributed by atoms with van der Waals surface area (Å²) in [6, 6.07) is 9.91. The number of benzene rings is 1. The highest BCUT2D eigenvalue weighted by Gasteiger charge is 2.30. The predicted octanol–water partition coefficient (Wildman–Crippen LogP) is 1.98. The topological polar surface area (TPSA) is 74.2 Å². The highest BCUT2D eigenvalue weighted by molar-refractivity contribution is 14.0. The van der Waals surface area contributed by atoms with Crippen molar-refractivity contribution in [1.82, 2.24) is 15.1 Å². The Morgan fingerprint density at radius 1 is 1.20 bits per heavy atom. The third-order valence-corrected chi connectivity index (χ3v) is 7.15. The molecule has 0 saturated carbocycles. The first-order valence-electron chi connectivity index (χ1n) is 10.7. The van der Waals surface area contributed by atoms with Gasteiger partial charge in [-0.1, -0.05) is 30.3 Å². The molecule has 0 amide bonds.